The number of para-hydroxylation sites is 6. The summed E-state index contributed by atoms with van der Waals surface area (Å²) in [5.41, 5.74) is 12.3. The first-order chi connectivity index (χ1) is 31.3. The number of hydrogen-bond acceptors (Lipinski definition) is 3. The van der Waals surface area contributed by atoms with Gasteiger partial charge in [0.05, 0.1) is 55.7 Å². The van der Waals surface area contributed by atoms with E-state index in [2.05, 4.69) is 196 Å². The highest BCUT2D eigenvalue weighted by Gasteiger charge is 2.27. The van der Waals surface area contributed by atoms with Gasteiger partial charge < -0.3 is 13.7 Å². The van der Waals surface area contributed by atoms with Crippen molar-refractivity contribution in [1.29, 1.82) is 0 Å². The van der Waals surface area contributed by atoms with E-state index in [1.54, 1.807) is 0 Å². The van der Waals surface area contributed by atoms with Crippen LogP contribution in [0.4, 0.5) is 0 Å². The molecule has 0 saturated carbocycles. The van der Waals surface area contributed by atoms with Crippen LogP contribution >= 0.6 is 0 Å². The summed E-state index contributed by atoms with van der Waals surface area (Å²) in [5, 5.41) is 7.09. The second-order valence-electron chi connectivity index (χ2n) is 16.0. The maximum atomic E-state index is 5.50. The first kappa shape index (κ1) is 35.2. The highest BCUT2D eigenvalue weighted by Crippen LogP contribution is 2.44. The molecular weight excluding hydrogens is 769 g/mol. The number of aromatic nitrogens is 6. The lowest BCUT2D eigenvalue weighted by molar-refractivity contribution is 1.04. The number of fused-ring (bicyclic) bond motifs is 9. The van der Waals surface area contributed by atoms with Crippen molar-refractivity contribution in [2.75, 3.05) is 0 Å². The minimum atomic E-state index is 0.574. The van der Waals surface area contributed by atoms with Gasteiger partial charge in [-0.2, -0.15) is 0 Å². The second kappa shape index (κ2) is 14.0. The lowest BCUT2D eigenvalue weighted by atomic mass is 10.0. The van der Waals surface area contributed by atoms with Crippen LogP contribution in [0.15, 0.2) is 218 Å². The zero-order valence-electron chi connectivity index (χ0n) is 34.0. The summed E-state index contributed by atoms with van der Waals surface area (Å²) in [7, 11) is 0. The van der Waals surface area contributed by atoms with E-state index in [0.29, 0.717) is 17.5 Å². The van der Waals surface area contributed by atoms with Crippen LogP contribution in [-0.4, -0.2) is 28.7 Å². The van der Waals surface area contributed by atoms with Crippen LogP contribution in [0.3, 0.4) is 0 Å². The predicted octanol–water partition coefficient (Wildman–Crippen LogP) is 14.2. The van der Waals surface area contributed by atoms with E-state index in [0.717, 1.165) is 66.9 Å². The summed E-state index contributed by atoms with van der Waals surface area (Å²) >= 11 is 0. The van der Waals surface area contributed by atoms with E-state index < -0.39 is 0 Å². The molecule has 0 aliphatic carbocycles. The molecule has 0 fully saturated rings. The average molecular weight is 805 g/mol. The van der Waals surface area contributed by atoms with Crippen LogP contribution in [0.1, 0.15) is 0 Å². The topological polar surface area (TPSA) is 53.5 Å². The summed E-state index contributed by atoms with van der Waals surface area (Å²) in [5.74, 6) is 1.78. The van der Waals surface area contributed by atoms with Crippen molar-refractivity contribution in [3.63, 3.8) is 0 Å². The minimum absolute atomic E-state index is 0.574. The highest BCUT2D eigenvalue weighted by atomic mass is 15.1. The molecule has 0 N–H and O–H groups in total. The van der Waals surface area contributed by atoms with E-state index in [1.807, 2.05) is 36.4 Å². The van der Waals surface area contributed by atoms with E-state index in [-0.39, 0.29) is 0 Å². The van der Waals surface area contributed by atoms with Gasteiger partial charge in [-0.1, -0.05) is 170 Å². The number of nitrogens with zero attached hydrogens (tertiary/aromatic N) is 6. The van der Waals surface area contributed by atoms with Crippen LogP contribution in [-0.2, 0) is 0 Å². The molecule has 294 valence electrons. The molecular formula is C57H36N6. The molecule has 0 bridgehead atoms. The summed E-state index contributed by atoms with van der Waals surface area (Å²) in [6.45, 7) is 0. The Bertz CT molecular complexity index is 3560. The maximum Gasteiger partial charge on any atom is 0.168 e. The van der Waals surface area contributed by atoms with E-state index in [1.165, 1.54) is 32.3 Å². The van der Waals surface area contributed by atoms with Crippen LogP contribution < -0.4 is 0 Å². The third-order valence-electron chi connectivity index (χ3n) is 12.5. The predicted molar refractivity (Wildman–Crippen MR) is 259 cm³/mol. The molecule has 0 spiro atoms. The SMILES string of the molecule is c1ccc(-c2nc(-c3ccccc3)nc(-c3c(-n4c5ccccc5c5ccccc54)cc(-n4c5ccccc5c5ccccc54)cc3-n3c4ccccc4c4ccccc43)n2)cc1. The van der Waals surface area contributed by atoms with Gasteiger partial charge in [0.25, 0.3) is 0 Å². The molecule has 13 aromatic rings. The smallest absolute Gasteiger partial charge is 0.168 e. The van der Waals surface area contributed by atoms with Crippen LogP contribution in [0.2, 0.25) is 0 Å². The third kappa shape index (κ3) is 5.41. The number of hydrogen-bond donors (Lipinski definition) is 0. The van der Waals surface area contributed by atoms with Crippen LogP contribution in [0.5, 0.6) is 0 Å². The Kier molecular flexibility index (Phi) is 7.80. The van der Waals surface area contributed by atoms with Crippen molar-refractivity contribution in [3.8, 4) is 51.2 Å². The first-order valence-corrected chi connectivity index (χ1v) is 21.3. The zero-order chi connectivity index (χ0) is 41.4. The van der Waals surface area contributed by atoms with Crippen molar-refractivity contribution >= 4 is 65.4 Å². The monoisotopic (exact) mass is 804 g/mol. The fraction of sp³-hybridized carbons (Fsp3) is 0. The van der Waals surface area contributed by atoms with Gasteiger partial charge in [0.2, 0.25) is 0 Å². The molecule has 63 heavy (non-hydrogen) atoms. The molecule has 0 amide bonds. The van der Waals surface area contributed by atoms with Gasteiger partial charge in [-0.25, -0.2) is 15.0 Å². The van der Waals surface area contributed by atoms with Crippen LogP contribution in [0.25, 0.3) is 117 Å². The summed E-state index contributed by atoms with van der Waals surface area (Å²) < 4.78 is 7.26. The summed E-state index contributed by atoms with van der Waals surface area (Å²) in [4.78, 5) is 16.2. The van der Waals surface area contributed by atoms with E-state index >= 15 is 0 Å². The Labute approximate surface area is 362 Å². The Morgan fingerprint density at radius 3 is 0.857 bits per heavy atom. The normalized spacial score (nSPS) is 11.8. The Morgan fingerprint density at radius 2 is 0.524 bits per heavy atom. The van der Waals surface area contributed by atoms with Gasteiger partial charge in [0.15, 0.2) is 17.5 Å². The molecule has 6 nitrogen and oxygen atoms in total. The van der Waals surface area contributed by atoms with E-state index in [9.17, 15) is 0 Å². The first-order valence-electron chi connectivity index (χ1n) is 21.3. The maximum absolute atomic E-state index is 5.50. The fourth-order valence-electron chi connectivity index (χ4n) is 9.79. The third-order valence-corrected chi connectivity index (χ3v) is 12.5. The van der Waals surface area contributed by atoms with Crippen molar-refractivity contribution in [2.24, 2.45) is 0 Å². The van der Waals surface area contributed by atoms with Crippen molar-refractivity contribution in [1.82, 2.24) is 28.7 Å². The lowest BCUT2D eigenvalue weighted by Crippen LogP contribution is -2.09. The molecule has 4 aromatic heterocycles. The molecule has 0 radical (unpaired) electrons. The van der Waals surface area contributed by atoms with Gasteiger partial charge in [-0.15, -0.1) is 0 Å². The minimum Gasteiger partial charge on any atom is -0.309 e. The quantitative estimate of drug-likeness (QED) is 0.168. The molecule has 6 heteroatoms. The Morgan fingerprint density at radius 1 is 0.254 bits per heavy atom. The van der Waals surface area contributed by atoms with Gasteiger partial charge in [0, 0.05) is 43.4 Å². The molecule has 0 unspecified atom stereocenters. The molecule has 4 heterocycles. The van der Waals surface area contributed by atoms with Crippen molar-refractivity contribution < 1.29 is 0 Å². The van der Waals surface area contributed by atoms with Gasteiger partial charge in [-0.05, 0) is 48.5 Å². The van der Waals surface area contributed by atoms with Crippen molar-refractivity contribution in [2.45, 2.75) is 0 Å². The summed E-state index contributed by atoms with van der Waals surface area (Å²) in [6.07, 6.45) is 0. The Balaban J connectivity index is 1.27. The van der Waals surface area contributed by atoms with Gasteiger partial charge >= 0.3 is 0 Å². The van der Waals surface area contributed by atoms with Crippen LogP contribution in [0, 0.1) is 0 Å². The molecule has 0 saturated heterocycles. The molecule has 0 atom stereocenters. The molecule has 0 aliphatic heterocycles. The van der Waals surface area contributed by atoms with Gasteiger partial charge in [0.1, 0.15) is 0 Å². The van der Waals surface area contributed by atoms with E-state index in [4.69, 9.17) is 15.0 Å². The summed E-state index contributed by atoms with van der Waals surface area (Å²) in [6, 6.07) is 77.5. The highest BCUT2D eigenvalue weighted by molar-refractivity contribution is 6.13. The molecule has 13 rings (SSSR count). The van der Waals surface area contributed by atoms with Crippen molar-refractivity contribution in [3.05, 3.63) is 218 Å². The molecule has 9 aromatic carbocycles. The van der Waals surface area contributed by atoms with Gasteiger partial charge in [-0.3, -0.25) is 0 Å². The zero-order valence-corrected chi connectivity index (χ0v) is 34.0. The fourth-order valence-corrected chi connectivity index (χ4v) is 9.79. The average Bonchev–Trinajstić information content (AvgIpc) is 4.00. The second-order valence-corrected chi connectivity index (χ2v) is 16.0. The number of rotatable bonds is 6. The number of benzene rings is 9. The lowest BCUT2D eigenvalue weighted by Gasteiger charge is -2.22. The standard InChI is InChI=1S/C57H36N6/c1-3-19-37(20-4-1)55-58-56(38-21-5-2-6-22-38)60-57(59-55)54-52(62-48-31-15-9-25-42(48)43-26-10-16-32-49(43)62)35-39(61-46-29-13-7-23-40(46)41-24-8-14-30-47(41)61)36-53(54)63-50-33-17-11-27-44(50)45-28-12-18-34-51(45)63/h1-36H. The molecule has 0 aliphatic rings. The Hall–Kier alpha value is -8.61. The largest absolute Gasteiger partial charge is 0.309 e.